The van der Waals surface area contributed by atoms with Gasteiger partial charge in [-0.05, 0) is 24.3 Å². The molecule has 1 N–H and O–H groups in total. The van der Waals surface area contributed by atoms with Crippen LogP contribution in [0, 0.1) is 0 Å². The predicted molar refractivity (Wildman–Crippen MR) is 86.0 cm³/mol. The van der Waals surface area contributed by atoms with E-state index in [9.17, 15) is 13.2 Å². The summed E-state index contributed by atoms with van der Waals surface area (Å²) in [6.45, 7) is 0.0317. The van der Waals surface area contributed by atoms with Gasteiger partial charge >= 0.3 is 0 Å². The highest BCUT2D eigenvalue weighted by atomic mass is 32.2. The van der Waals surface area contributed by atoms with Gasteiger partial charge in [0, 0.05) is 18.9 Å². The van der Waals surface area contributed by atoms with Gasteiger partial charge in [-0.1, -0.05) is 24.3 Å². The van der Waals surface area contributed by atoms with Crippen LogP contribution >= 0.6 is 0 Å². The normalized spacial score (nSPS) is 11.5. The Morgan fingerprint density at radius 2 is 1.83 bits per heavy atom. The zero-order chi connectivity index (χ0) is 16.3. The van der Waals surface area contributed by atoms with Crippen LogP contribution in [0.1, 0.15) is 10.5 Å². The van der Waals surface area contributed by atoms with Crippen LogP contribution in [0.3, 0.4) is 0 Å². The largest absolute Gasteiger partial charge is 0.350 e. The molecule has 0 saturated carbocycles. The molecule has 3 rings (SSSR count). The summed E-state index contributed by atoms with van der Waals surface area (Å²) in [5, 5.41) is 2.59. The molecule has 0 aliphatic carbocycles. The summed E-state index contributed by atoms with van der Waals surface area (Å²) in [5.74, 6) is -0.548. The maximum atomic E-state index is 12.1. The molecule has 118 valence electrons. The van der Waals surface area contributed by atoms with Gasteiger partial charge in [-0.15, -0.1) is 0 Å². The molecule has 0 unspecified atom stereocenters. The molecule has 1 amide bonds. The van der Waals surface area contributed by atoms with Gasteiger partial charge in [-0.25, -0.2) is 13.4 Å². The van der Waals surface area contributed by atoms with E-state index in [2.05, 4.69) is 10.3 Å². The van der Waals surface area contributed by atoms with Gasteiger partial charge in [0.1, 0.15) is 11.3 Å². The molecule has 0 radical (unpaired) electrons. The molecule has 0 fully saturated rings. The third-order valence-corrected chi connectivity index (χ3v) is 5.09. The third kappa shape index (κ3) is 3.40. The van der Waals surface area contributed by atoms with Crippen molar-refractivity contribution in [3.05, 3.63) is 66.6 Å². The summed E-state index contributed by atoms with van der Waals surface area (Å²) in [6.07, 6.45) is 3.40. The van der Waals surface area contributed by atoms with Crippen LogP contribution in [0.4, 0.5) is 0 Å². The second-order valence-corrected chi connectivity index (χ2v) is 7.09. The van der Waals surface area contributed by atoms with Gasteiger partial charge in [0.25, 0.3) is 5.91 Å². The zero-order valence-electron chi connectivity index (χ0n) is 12.2. The van der Waals surface area contributed by atoms with E-state index in [1.54, 1.807) is 53.2 Å². The van der Waals surface area contributed by atoms with Crippen molar-refractivity contribution in [3.8, 4) is 0 Å². The number of nitrogens with one attached hydrogen (secondary N) is 1. The monoisotopic (exact) mass is 329 g/mol. The average molecular weight is 329 g/mol. The summed E-state index contributed by atoms with van der Waals surface area (Å²) in [6, 6.07) is 13.6. The van der Waals surface area contributed by atoms with Crippen LogP contribution in [-0.4, -0.2) is 36.0 Å². The Balaban J connectivity index is 1.63. The van der Waals surface area contributed by atoms with Crippen molar-refractivity contribution in [1.29, 1.82) is 0 Å². The summed E-state index contributed by atoms with van der Waals surface area (Å²) in [4.78, 5) is 16.5. The number of pyridine rings is 1. The van der Waals surface area contributed by atoms with Crippen molar-refractivity contribution < 1.29 is 13.2 Å². The lowest BCUT2D eigenvalue weighted by Crippen LogP contribution is -2.29. The van der Waals surface area contributed by atoms with Gasteiger partial charge < -0.3 is 9.72 Å². The van der Waals surface area contributed by atoms with Crippen LogP contribution in [0.2, 0.25) is 0 Å². The molecule has 1 aromatic carbocycles. The maximum Gasteiger partial charge on any atom is 0.271 e. The first kappa shape index (κ1) is 15.2. The number of benzene rings is 1. The van der Waals surface area contributed by atoms with Crippen LogP contribution in [0.15, 0.2) is 65.8 Å². The maximum absolute atomic E-state index is 12.1. The van der Waals surface area contributed by atoms with Gasteiger partial charge in [0.2, 0.25) is 0 Å². The molecule has 0 atom stereocenters. The number of hydrogen-bond acceptors (Lipinski definition) is 4. The number of amides is 1. The van der Waals surface area contributed by atoms with E-state index < -0.39 is 15.7 Å². The molecule has 7 heteroatoms. The number of sulfone groups is 1. The number of carbonyl (C=O) groups excluding carboxylic acids is 1. The number of imidazole rings is 1. The van der Waals surface area contributed by atoms with Gasteiger partial charge in [0.05, 0.1) is 10.6 Å². The minimum atomic E-state index is -3.40. The second-order valence-electron chi connectivity index (χ2n) is 4.98. The first-order chi connectivity index (χ1) is 11.1. The lowest BCUT2D eigenvalue weighted by atomic mass is 10.4. The quantitative estimate of drug-likeness (QED) is 0.770. The number of hydrogen-bond donors (Lipinski definition) is 1. The van der Waals surface area contributed by atoms with E-state index in [0.29, 0.717) is 5.65 Å². The lowest BCUT2D eigenvalue weighted by Gasteiger charge is -2.05. The first-order valence-electron chi connectivity index (χ1n) is 7.06. The fourth-order valence-corrected chi connectivity index (χ4v) is 3.36. The fraction of sp³-hybridized carbons (Fsp3) is 0.125. The molecule has 2 heterocycles. The van der Waals surface area contributed by atoms with Crippen LogP contribution in [-0.2, 0) is 9.84 Å². The van der Waals surface area contributed by atoms with E-state index >= 15 is 0 Å². The molecule has 0 aliphatic rings. The Morgan fingerprint density at radius 3 is 2.57 bits per heavy atom. The Morgan fingerprint density at radius 1 is 1.09 bits per heavy atom. The minimum absolute atomic E-state index is 0.0317. The highest BCUT2D eigenvalue weighted by molar-refractivity contribution is 7.91. The highest BCUT2D eigenvalue weighted by Gasteiger charge is 2.15. The molecule has 0 bridgehead atoms. The number of aromatic nitrogens is 2. The van der Waals surface area contributed by atoms with Crippen molar-refractivity contribution in [1.82, 2.24) is 14.7 Å². The van der Waals surface area contributed by atoms with E-state index in [-0.39, 0.29) is 22.9 Å². The fourth-order valence-electron chi connectivity index (χ4n) is 2.18. The van der Waals surface area contributed by atoms with Crippen molar-refractivity contribution in [2.75, 3.05) is 12.3 Å². The van der Waals surface area contributed by atoms with E-state index in [1.165, 1.54) is 0 Å². The molecular formula is C16H15N3O3S. The van der Waals surface area contributed by atoms with Crippen molar-refractivity contribution >= 4 is 21.4 Å². The highest BCUT2D eigenvalue weighted by Crippen LogP contribution is 2.09. The molecule has 2 aromatic heterocycles. The number of rotatable bonds is 5. The predicted octanol–water partition coefficient (Wildman–Crippen LogP) is 1.54. The second kappa shape index (κ2) is 6.21. The Labute approximate surface area is 133 Å². The van der Waals surface area contributed by atoms with Crippen molar-refractivity contribution in [2.45, 2.75) is 4.90 Å². The molecule has 3 aromatic rings. The van der Waals surface area contributed by atoms with E-state index in [0.717, 1.165) is 0 Å². The Kier molecular flexibility index (Phi) is 4.12. The van der Waals surface area contributed by atoms with Crippen LogP contribution in [0.5, 0.6) is 0 Å². The first-order valence-corrected chi connectivity index (χ1v) is 8.71. The van der Waals surface area contributed by atoms with Crippen LogP contribution in [0.25, 0.3) is 5.65 Å². The average Bonchev–Trinajstić information content (AvgIpc) is 2.99. The number of carbonyl (C=O) groups is 1. The minimum Gasteiger partial charge on any atom is -0.350 e. The van der Waals surface area contributed by atoms with Gasteiger partial charge in [-0.2, -0.15) is 0 Å². The summed E-state index contributed by atoms with van der Waals surface area (Å²) < 4.78 is 26.0. The molecule has 23 heavy (non-hydrogen) atoms. The van der Waals surface area contributed by atoms with E-state index in [1.807, 2.05) is 12.1 Å². The lowest BCUT2D eigenvalue weighted by molar-refractivity contribution is 0.0952. The summed E-state index contributed by atoms with van der Waals surface area (Å²) >= 11 is 0. The smallest absolute Gasteiger partial charge is 0.271 e. The molecule has 0 aliphatic heterocycles. The SMILES string of the molecule is O=C(NCCS(=O)(=O)c1ccccc1)c1cn2ccccc2n1. The number of fused-ring (bicyclic) bond motifs is 1. The Bertz CT molecular complexity index is 900. The topological polar surface area (TPSA) is 80.5 Å². The van der Waals surface area contributed by atoms with Crippen molar-refractivity contribution in [2.24, 2.45) is 0 Å². The zero-order valence-corrected chi connectivity index (χ0v) is 13.0. The van der Waals surface area contributed by atoms with Crippen molar-refractivity contribution in [3.63, 3.8) is 0 Å². The summed E-state index contributed by atoms with van der Waals surface area (Å²) in [5.41, 5.74) is 0.919. The van der Waals surface area contributed by atoms with Gasteiger partial charge in [0.15, 0.2) is 9.84 Å². The Hall–Kier alpha value is -2.67. The van der Waals surface area contributed by atoms with Crippen LogP contribution < -0.4 is 5.32 Å². The molecule has 0 saturated heterocycles. The standard InChI is InChI=1S/C16H15N3O3S/c20-16(14-12-19-10-5-4-8-15(19)18-14)17-9-11-23(21,22)13-6-2-1-3-7-13/h1-8,10,12H,9,11H2,(H,17,20). The third-order valence-electron chi connectivity index (χ3n) is 3.36. The molecule has 0 spiro atoms. The number of nitrogens with zero attached hydrogens (tertiary/aromatic N) is 2. The molecule has 6 nitrogen and oxygen atoms in total. The van der Waals surface area contributed by atoms with Gasteiger partial charge in [-0.3, -0.25) is 4.79 Å². The van der Waals surface area contributed by atoms with E-state index in [4.69, 9.17) is 0 Å². The summed E-state index contributed by atoms with van der Waals surface area (Å²) in [7, 11) is -3.40. The molecular weight excluding hydrogens is 314 g/mol.